The van der Waals surface area contributed by atoms with E-state index >= 15 is 0 Å². The van der Waals surface area contributed by atoms with Crippen molar-refractivity contribution < 1.29 is 4.79 Å². The van der Waals surface area contributed by atoms with Crippen LogP contribution >= 0.6 is 0 Å². The van der Waals surface area contributed by atoms with Gasteiger partial charge in [-0.05, 0) is 51.4 Å². The molecule has 0 amide bonds. The Hall–Kier alpha value is -1.11. The van der Waals surface area contributed by atoms with Gasteiger partial charge in [0, 0.05) is 11.8 Å². The smallest absolute Gasteiger partial charge is 0.140 e. The first-order valence-electron chi connectivity index (χ1n) is 7.38. The van der Waals surface area contributed by atoms with Crippen LogP contribution in [0.15, 0.2) is 36.5 Å². The maximum absolute atomic E-state index is 11.6. The SMILES string of the molecule is O=C1C2CC/C=C/CC/C=C/CC/C=C/CCC12. The van der Waals surface area contributed by atoms with Crippen LogP contribution < -0.4 is 0 Å². The minimum Gasteiger partial charge on any atom is -0.299 e. The number of rotatable bonds is 0. The van der Waals surface area contributed by atoms with E-state index in [1.807, 2.05) is 0 Å². The molecule has 1 nitrogen and oxygen atoms in total. The van der Waals surface area contributed by atoms with Gasteiger partial charge in [-0.25, -0.2) is 0 Å². The lowest BCUT2D eigenvalue weighted by molar-refractivity contribution is -0.112. The predicted octanol–water partition coefficient (Wildman–Crippen LogP) is 4.60. The Morgan fingerprint density at radius 2 is 0.944 bits per heavy atom. The normalized spacial score (nSPS) is 35.4. The number of hydrogen-bond donors (Lipinski definition) is 0. The van der Waals surface area contributed by atoms with Crippen LogP contribution in [0.25, 0.3) is 0 Å². The Kier molecular flexibility index (Phi) is 5.44. The topological polar surface area (TPSA) is 17.1 Å². The van der Waals surface area contributed by atoms with Crippen molar-refractivity contribution in [1.82, 2.24) is 0 Å². The molecule has 0 aromatic carbocycles. The molecule has 1 saturated carbocycles. The summed E-state index contributed by atoms with van der Waals surface area (Å²) < 4.78 is 0. The minimum absolute atomic E-state index is 0.385. The molecule has 0 N–H and O–H groups in total. The van der Waals surface area contributed by atoms with E-state index in [1.165, 1.54) is 0 Å². The predicted molar refractivity (Wildman–Crippen MR) is 76.3 cm³/mol. The third kappa shape index (κ3) is 4.29. The van der Waals surface area contributed by atoms with Gasteiger partial charge in [0.1, 0.15) is 5.78 Å². The summed E-state index contributed by atoms with van der Waals surface area (Å²) in [6, 6.07) is 0. The largest absolute Gasteiger partial charge is 0.299 e. The standard InChI is InChI=1S/C17H24O/c18-17-15-13-11-9-7-5-3-1-2-4-6-8-10-12-14-16(15)17/h1-2,7-10,15-16H,3-6,11-14H2/b2-1+,9-7+,10-8+. The summed E-state index contributed by atoms with van der Waals surface area (Å²) in [7, 11) is 0. The van der Waals surface area contributed by atoms with E-state index in [0.717, 1.165) is 51.4 Å². The van der Waals surface area contributed by atoms with Gasteiger partial charge in [0.2, 0.25) is 0 Å². The van der Waals surface area contributed by atoms with Crippen LogP contribution in [0, 0.1) is 11.8 Å². The number of allylic oxidation sites excluding steroid dienone is 6. The summed E-state index contributed by atoms with van der Waals surface area (Å²) in [5.41, 5.74) is 0. The summed E-state index contributed by atoms with van der Waals surface area (Å²) in [6.07, 6.45) is 22.4. The quantitative estimate of drug-likeness (QED) is 0.569. The summed E-state index contributed by atoms with van der Waals surface area (Å²) in [6.45, 7) is 0. The molecule has 2 atom stereocenters. The van der Waals surface area contributed by atoms with Crippen LogP contribution in [-0.2, 0) is 4.79 Å². The van der Waals surface area contributed by atoms with Gasteiger partial charge in [-0.15, -0.1) is 0 Å². The molecular formula is C17H24O. The molecule has 2 aliphatic rings. The van der Waals surface area contributed by atoms with Gasteiger partial charge in [0.05, 0.1) is 0 Å². The van der Waals surface area contributed by atoms with Gasteiger partial charge in [-0.3, -0.25) is 4.79 Å². The molecule has 98 valence electrons. The number of carbonyl (C=O) groups excluding carboxylic acids is 1. The first-order valence-corrected chi connectivity index (χ1v) is 7.38. The lowest BCUT2D eigenvalue weighted by Crippen LogP contribution is -1.83. The number of carbonyl (C=O) groups is 1. The highest BCUT2D eigenvalue weighted by Crippen LogP contribution is 2.41. The molecule has 1 heteroatoms. The summed E-state index contributed by atoms with van der Waals surface area (Å²) in [5.74, 6) is 1.29. The molecule has 0 spiro atoms. The second-order valence-electron chi connectivity index (χ2n) is 5.34. The molecule has 2 rings (SSSR count). The van der Waals surface area contributed by atoms with E-state index in [4.69, 9.17) is 0 Å². The van der Waals surface area contributed by atoms with Crippen molar-refractivity contribution in [2.45, 2.75) is 51.4 Å². The van der Waals surface area contributed by atoms with E-state index in [0.29, 0.717) is 17.6 Å². The molecular weight excluding hydrogens is 220 g/mol. The highest BCUT2D eigenvalue weighted by atomic mass is 16.1. The fraction of sp³-hybridized carbons (Fsp3) is 0.588. The van der Waals surface area contributed by atoms with E-state index < -0.39 is 0 Å². The van der Waals surface area contributed by atoms with Gasteiger partial charge in [-0.2, -0.15) is 0 Å². The molecule has 2 unspecified atom stereocenters. The van der Waals surface area contributed by atoms with Gasteiger partial charge in [0.15, 0.2) is 0 Å². The minimum atomic E-state index is 0.385. The molecule has 0 aromatic rings. The molecule has 0 radical (unpaired) electrons. The molecule has 0 aliphatic heterocycles. The van der Waals surface area contributed by atoms with Crippen molar-refractivity contribution in [3.8, 4) is 0 Å². The molecule has 0 aromatic heterocycles. The second-order valence-corrected chi connectivity index (χ2v) is 5.34. The zero-order valence-corrected chi connectivity index (χ0v) is 11.2. The third-order valence-electron chi connectivity index (χ3n) is 3.90. The molecule has 2 aliphatic carbocycles. The monoisotopic (exact) mass is 244 g/mol. The van der Waals surface area contributed by atoms with Crippen LogP contribution in [-0.4, -0.2) is 5.78 Å². The fourth-order valence-electron chi connectivity index (χ4n) is 2.68. The Balaban J connectivity index is 1.80. The number of ketones is 1. The Morgan fingerprint density at radius 1 is 0.611 bits per heavy atom. The molecule has 1 fully saturated rings. The van der Waals surface area contributed by atoms with Gasteiger partial charge < -0.3 is 0 Å². The van der Waals surface area contributed by atoms with Crippen LogP contribution in [0.1, 0.15) is 51.4 Å². The second kappa shape index (κ2) is 7.35. The first-order chi connectivity index (χ1) is 8.89. The number of fused-ring (bicyclic) bond motifs is 1. The van der Waals surface area contributed by atoms with E-state index in [1.54, 1.807) is 0 Å². The van der Waals surface area contributed by atoms with Crippen molar-refractivity contribution in [1.29, 1.82) is 0 Å². The van der Waals surface area contributed by atoms with E-state index in [2.05, 4.69) is 36.5 Å². The highest BCUT2D eigenvalue weighted by Gasteiger charge is 2.46. The van der Waals surface area contributed by atoms with Crippen LogP contribution in [0.5, 0.6) is 0 Å². The van der Waals surface area contributed by atoms with Crippen LogP contribution in [0.4, 0.5) is 0 Å². The Labute approximate surface area is 111 Å². The van der Waals surface area contributed by atoms with E-state index in [9.17, 15) is 4.79 Å². The summed E-state index contributed by atoms with van der Waals surface area (Å²) in [4.78, 5) is 11.6. The third-order valence-corrected chi connectivity index (χ3v) is 3.90. The summed E-state index contributed by atoms with van der Waals surface area (Å²) >= 11 is 0. The molecule has 0 bridgehead atoms. The number of hydrogen-bond acceptors (Lipinski definition) is 1. The fourth-order valence-corrected chi connectivity index (χ4v) is 2.68. The first kappa shape index (κ1) is 13.3. The van der Waals surface area contributed by atoms with Crippen molar-refractivity contribution >= 4 is 5.78 Å². The Bertz CT molecular complexity index is 317. The maximum Gasteiger partial charge on any atom is 0.140 e. The van der Waals surface area contributed by atoms with Crippen LogP contribution in [0.2, 0.25) is 0 Å². The Morgan fingerprint density at radius 3 is 1.33 bits per heavy atom. The van der Waals surface area contributed by atoms with Gasteiger partial charge >= 0.3 is 0 Å². The average Bonchev–Trinajstić information content (AvgIpc) is 2.98. The highest BCUT2D eigenvalue weighted by molar-refractivity contribution is 5.99. The van der Waals surface area contributed by atoms with Gasteiger partial charge in [0.25, 0.3) is 0 Å². The van der Waals surface area contributed by atoms with Crippen molar-refractivity contribution in [2.24, 2.45) is 11.8 Å². The maximum atomic E-state index is 11.6. The number of Topliss-reactive ketones (excluding diaryl/α,β-unsaturated/α-hetero) is 1. The van der Waals surface area contributed by atoms with E-state index in [-0.39, 0.29) is 0 Å². The van der Waals surface area contributed by atoms with Crippen molar-refractivity contribution in [2.75, 3.05) is 0 Å². The van der Waals surface area contributed by atoms with Gasteiger partial charge in [-0.1, -0.05) is 36.5 Å². The molecule has 0 saturated heterocycles. The van der Waals surface area contributed by atoms with Crippen molar-refractivity contribution in [3.05, 3.63) is 36.5 Å². The zero-order valence-electron chi connectivity index (χ0n) is 11.2. The lowest BCUT2D eigenvalue weighted by Gasteiger charge is -1.95. The van der Waals surface area contributed by atoms with Crippen molar-refractivity contribution in [3.63, 3.8) is 0 Å². The lowest BCUT2D eigenvalue weighted by atomic mass is 10.1. The zero-order chi connectivity index (χ0) is 12.6. The molecule has 18 heavy (non-hydrogen) atoms. The summed E-state index contributed by atoms with van der Waals surface area (Å²) in [5, 5.41) is 0. The molecule has 0 heterocycles. The van der Waals surface area contributed by atoms with Crippen LogP contribution in [0.3, 0.4) is 0 Å². The average molecular weight is 244 g/mol.